The second-order valence-electron chi connectivity index (χ2n) is 6.92. The van der Waals surface area contributed by atoms with Gasteiger partial charge in [0.15, 0.2) is 0 Å². The first kappa shape index (κ1) is 24.9. The molecule has 0 spiro atoms. The van der Waals surface area contributed by atoms with Crippen LogP contribution in [0.15, 0.2) is 52.3 Å². The third-order valence-electron chi connectivity index (χ3n) is 4.26. The molecule has 1 amide bonds. The summed E-state index contributed by atoms with van der Waals surface area (Å²) >= 11 is 5.95. The van der Waals surface area contributed by atoms with Crippen molar-refractivity contribution in [1.82, 2.24) is 0 Å². The fraction of sp³-hybridized carbons (Fsp3) is 0.316. The summed E-state index contributed by atoms with van der Waals surface area (Å²) in [6.45, 7) is 2.15. The van der Waals surface area contributed by atoms with Crippen molar-refractivity contribution in [1.29, 1.82) is 0 Å². The molecule has 1 unspecified atom stereocenters. The van der Waals surface area contributed by atoms with Crippen LogP contribution in [-0.2, 0) is 14.6 Å². The molecule has 2 atom stereocenters. The molecule has 0 aliphatic carbocycles. The Morgan fingerprint density at radius 1 is 1.13 bits per heavy atom. The number of carbonyl (C=O) groups is 1. The minimum absolute atomic E-state index is 0.0667. The van der Waals surface area contributed by atoms with E-state index in [4.69, 9.17) is 11.6 Å². The van der Waals surface area contributed by atoms with E-state index < -0.39 is 33.6 Å². The topological polar surface area (TPSA) is 116 Å². The number of halogens is 4. The average molecular weight is 481 g/mol. The predicted molar refractivity (Wildman–Crippen MR) is 109 cm³/mol. The van der Waals surface area contributed by atoms with E-state index in [0.29, 0.717) is 5.69 Å². The standard InChI is InChI=1S/C19H20ClF3N2O5S/c1-11(26)10-24-12-3-5-13(6-4-12)31(29,30)14-7-8-16(15(20)9-14)25-17(27)18(2,28)19(21,22)23/h3-9,11,24,26,28H,10H2,1-2H3,(H,25,27)/t11?,18-/m1/s1. The van der Waals surface area contributed by atoms with E-state index in [9.17, 15) is 36.6 Å². The molecule has 2 aromatic rings. The van der Waals surface area contributed by atoms with E-state index in [2.05, 4.69) is 5.32 Å². The van der Waals surface area contributed by atoms with Gasteiger partial charge in [-0.25, -0.2) is 8.42 Å². The Balaban J connectivity index is 2.24. The summed E-state index contributed by atoms with van der Waals surface area (Å²) in [6, 6.07) is 8.76. The van der Waals surface area contributed by atoms with Crippen LogP contribution in [0.2, 0.25) is 5.02 Å². The van der Waals surface area contributed by atoms with Crippen LogP contribution in [-0.4, -0.2) is 49.0 Å². The van der Waals surface area contributed by atoms with Gasteiger partial charge in [0.2, 0.25) is 15.4 Å². The van der Waals surface area contributed by atoms with Crippen LogP contribution >= 0.6 is 11.6 Å². The molecule has 0 aliphatic rings. The molecule has 2 aromatic carbocycles. The monoisotopic (exact) mass is 480 g/mol. The Morgan fingerprint density at radius 3 is 2.16 bits per heavy atom. The van der Waals surface area contributed by atoms with Gasteiger partial charge in [-0.05, 0) is 56.3 Å². The summed E-state index contributed by atoms with van der Waals surface area (Å²) in [4.78, 5) is 11.5. The summed E-state index contributed by atoms with van der Waals surface area (Å²) in [7, 11) is -4.01. The maximum Gasteiger partial charge on any atom is 0.426 e. The molecule has 0 radical (unpaired) electrons. The van der Waals surface area contributed by atoms with Crippen LogP contribution in [0.3, 0.4) is 0 Å². The molecule has 0 fully saturated rings. The summed E-state index contributed by atoms with van der Waals surface area (Å²) < 4.78 is 63.9. The summed E-state index contributed by atoms with van der Waals surface area (Å²) in [5.74, 6) is -1.77. The highest BCUT2D eigenvalue weighted by molar-refractivity contribution is 7.91. The maximum atomic E-state index is 12.8. The van der Waals surface area contributed by atoms with Gasteiger partial charge in [-0.15, -0.1) is 0 Å². The highest BCUT2D eigenvalue weighted by Crippen LogP contribution is 2.33. The number of rotatable bonds is 7. The fourth-order valence-electron chi connectivity index (χ4n) is 2.29. The molecule has 0 saturated heterocycles. The van der Waals surface area contributed by atoms with Crippen LogP contribution in [0.5, 0.6) is 0 Å². The number of hydrogen-bond donors (Lipinski definition) is 4. The lowest BCUT2D eigenvalue weighted by Crippen LogP contribution is -2.52. The van der Waals surface area contributed by atoms with E-state index in [-0.39, 0.29) is 34.0 Å². The lowest BCUT2D eigenvalue weighted by Gasteiger charge is -2.25. The zero-order valence-corrected chi connectivity index (χ0v) is 17.9. The minimum atomic E-state index is -5.22. The Labute approximate surface area is 181 Å². The fourth-order valence-corrected chi connectivity index (χ4v) is 3.87. The van der Waals surface area contributed by atoms with Crippen molar-refractivity contribution in [3.63, 3.8) is 0 Å². The molecule has 170 valence electrons. The Bertz CT molecular complexity index is 1060. The molecular weight excluding hydrogens is 461 g/mol. The number of anilines is 2. The number of aliphatic hydroxyl groups excluding tert-OH is 1. The van der Waals surface area contributed by atoms with Crippen molar-refractivity contribution in [3.05, 3.63) is 47.5 Å². The van der Waals surface area contributed by atoms with Gasteiger partial charge >= 0.3 is 6.18 Å². The zero-order chi connectivity index (χ0) is 23.6. The number of carbonyl (C=O) groups excluding carboxylic acids is 1. The van der Waals surface area contributed by atoms with Crippen molar-refractivity contribution in [2.75, 3.05) is 17.2 Å². The van der Waals surface area contributed by atoms with Gasteiger partial charge in [-0.2, -0.15) is 13.2 Å². The van der Waals surface area contributed by atoms with Gasteiger partial charge in [-0.1, -0.05) is 11.6 Å². The average Bonchev–Trinajstić information content (AvgIpc) is 2.67. The van der Waals surface area contributed by atoms with Crippen LogP contribution < -0.4 is 10.6 Å². The van der Waals surface area contributed by atoms with Crippen molar-refractivity contribution >= 4 is 38.7 Å². The smallest absolute Gasteiger partial charge is 0.392 e. The molecule has 0 bridgehead atoms. The van der Waals surface area contributed by atoms with E-state index in [1.807, 2.05) is 5.32 Å². The zero-order valence-electron chi connectivity index (χ0n) is 16.4. The first-order valence-corrected chi connectivity index (χ1v) is 10.7. The minimum Gasteiger partial charge on any atom is -0.392 e. The lowest BCUT2D eigenvalue weighted by atomic mass is 10.1. The van der Waals surface area contributed by atoms with E-state index >= 15 is 0 Å². The Morgan fingerprint density at radius 2 is 1.68 bits per heavy atom. The predicted octanol–water partition coefficient (Wildman–Crippen LogP) is 3.22. The molecule has 7 nitrogen and oxygen atoms in total. The molecule has 2 rings (SSSR count). The third-order valence-corrected chi connectivity index (χ3v) is 6.34. The molecule has 12 heteroatoms. The molecule has 0 heterocycles. The van der Waals surface area contributed by atoms with E-state index in [0.717, 1.165) is 18.2 Å². The maximum absolute atomic E-state index is 12.8. The second-order valence-corrected chi connectivity index (χ2v) is 9.28. The van der Waals surface area contributed by atoms with Crippen molar-refractivity contribution in [3.8, 4) is 0 Å². The summed E-state index contributed by atoms with van der Waals surface area (Å²) in [5, 5.41) is 23.1. The van der Waals surface area contributed by atoms with E-state index in [1.165, 1.54) is 24.3 Å². The lowest BCUT2D eigenvalue weighted by molar-refractivity contribution is -0.242. The van der Waals surface area contributed by atoms with Gasteiger partial charge in [-0.3, -0.25) is 4.79 Å². The Kier molecular flexibility index (Phi) is 7.26. The van der Waals surface area contributed by atoms with Crippen molar-refractivity contribution < 1.29 is 36.6 Å². The van der Waals surface area contributed by atoms with Crippen LogP contribution in [0.4, 0.5) is 24.5 Å². The first-order valence-electron chi connectivity index (χ1n) is 8.83. The molecule has 0 aromatic heterocycles. The van der Waals surface area contributed by atoms with E-state index in [1.54, 1.807) is 6.92 Å². The van der Waals surface area contributed by atoms with Crippen molar-refractivity contribution in [2.45, 2.75) is 41.5 Å². The second kappa shape index (κ2) is 9.03. The first-order chi connectivity index (χ1) is 14.2. The largest absolute Gasteiger partial charge is 0.426 e. The van der Waals surface area contributed by atoms with Crippen molar-refractivity contribution in [2.24, 2.45) is 0 Å². The SMILES string of the molecule is CC(O)CNc1ccc(S(=O)(=O)c2ccc(NC(=O)[C@@](C)(O)C(F)(F)F)c(Cl)c2)cc1. The highest BCUT2D eigenvalue weighted by Gasteiger charge is 2.55. The summed E-state index contributed by atoms with van der Waals surface area (Å²) in [6.07, 6.45) is -5.81. The molecule has 0 saturated carbocycles. The highest BCUT2D eigenvalue weighted by atomic mass is 35.5. The van der Waals surface area contributed by atoms with Crippen LogP contribution in [0.1, 0.15) is 13.8 Å². The normalized spacial score (nSPS) is 15.1. The number of aliphatic hydroxyl groups is 2. The quantitative estimate of drug-likeness (QED) is 0.483. The number of benzene rings is 2. The van der Waals surface area contributed by atoms with Gasteiger partial charge in [0, 0.05) is 12.2 Å². The molecule has 4 N–H and O–H groups in total. The molecule has 31 heavy (non-hydrogen) atoms. The molecule has 0 aliphatic heterocycles. The van der Waals surface area contributed by atoms with Gasteiger partial charge in [0.05, 0.1) is 26.6 Å². The number of amides is 1. The number of alkyl halides is 3. The number of sulfone groups is 1. The van der Waals surface area contributed by atoms with Gasteiger partial charge in [0.1, 0.15) is 0 Å². The summed E-state index contributed by atoms with van der Waals surface area (Å²) in [5.41, 5.74) is -3.37. The number of hydrogen-bond acceptors (Lipinski definition) is 6. The van der Waals surface area contributed by atoms with Gasteiger partial charge < -0.3 is 20.8 Å². The van der Waals surface area contributed by atoms with Crippen LogP contribution in [0, 0.1) is 0 Å². The Hall–Kier alpha value is -2.34. The third kappa shape index (κ3) is 5.67. The molecular formula is C19H20ClF3N2O5S. The van der Waals surface area contributed by atoms with Gasteiger partial charge in [0.25, 0.3) is 5.91 Å². The van der Waals surface area contributed by atoms with Crippen LogP contribution in [0.25, 0.3) is 0 Å². The number of nitrogens with one attached hydrogen (secondary N) is 2.